The number of aromatic nitrogens is 2. The van der Waals surface area contributed by atoms with Crippen molar-refractivity contribution in [1.82, 2.24) is 19.8 Å². The Kier molecular flexibility index (Phi) is 6.57. The molecule has 2 aromatic carbocycles. The van der Waals surface area contributed by atoms with Crippen LogP contribution in [0.25, 0.3) is 11.4 Å². The molecule has 6 nitrogen and oxygen atoms in total. The average Bonchev–Trinajstić information content (AvgIpc) is 3.10. The second-order valence-corrected chi connectivity index (χ2v) is 7.91. The third-order valence-electron chi connectivity index (χ3n) is 5.43. The number of amides is 1. The molecule has 2 N–H and O–H groups in total. The van der Waals surface area contributed by atoms with E-state index in [0.717, 1.165) is 68.5 Å². The summed E-state index contributed by atoms with van der Waals surface area (Å²) in [7, 11) is 0. The number of anilines is 1. The Balaban J connectivity index is 1.29. The molecule has 30 heavy (non-hydrogen) atoms. The maximum atomic E-state index is 11.2. The summed E-state index contributed by atoms with van der Waals surface area (Å²) >= 11 is 0. The molecule has 0 saturated carbocycles. The minimum atomic E-state index is -0.0384. The molecular formula is C24H29N5O. The third-order valence-corrected chi connectivity index (χ3v) is 5.43. The van der Waals surface area contributed by atoms with E-state index in [0.29, 0.717) is 0 Å². The van der Waals surface area contributed by atoms with E-state index in [2.05, 4.69) is 49.4 Å². The van der Waals surface area contributed by atoms with Gasteiger partial charge in [0.15, 0.2) is 0 Å². The Hall–Kier alpha value is -2.96. The van der Waals surface area contributed by atoms with Crippen molar-refractivity contribution in [2.45, 2.75) is 26.4 Å². The SMILES string of the molecule is CC(=O)Nc1ccc(CN2CCCN(Cc3cnc(-c4ccccc4)[nH]3)CC2)cc1. The zero-order valence-electron chi connectivity index (χ0n) is 17.5. The molecule has 6 heteroatoms. The number of benzene rings is 2. The second-order valence-electron chi connectivity index (χ2n) is 7.91. The first kappa shape index (κ1) is 20.3. The van der Waals surface area contributed by atoms with Gasteiger partial charge in [-0.1, -0.05) is 42.5 Å². The Morgan fingerprint density at radius 3 is 2.37 bits per heavy atom. The summed E-state index contributed by atoms with van der Waals surface area (Å²) in [6.07, 6.45) is 3.12. The van der Waals surface area contributed by atoms with Crippen LogP contribution in [0.2, 0.25) is 0 Å². The number of hydrogen-bond acceptors (Lipinski definition) is 4. The van der Waals surface area contributed by atoms with E-state index in [1.54, 1.807) is 0 Å². The van der Waals surface area contributed by atoms with Gasteiger partial charge in [-0.2, -0.15) is 0 Å². The Bertz CT molecular complexity index is 951. The number of aromatic amines is 1. The average molecular weight is 404 g/mol. The molecule has 1 aliphatic heterocycles. The van der Waals surface area contributed by atoms with E-state index < -0.39 is 0 Å². The predicted molar refractivity (Wildman–Crippen MR) is 120 cm³/mol. The Morgan fingerprint density at radius 1 is 0.967 bits per heavy atom. The van der Waals surface area contributed by atoms with Crippen LogP contribution < -0.4 is 5.32 Å². The molecule has 0 spiro atoms. The van der Waals surface area contributed by atoms with Gasteiger partial charge in [0.2, 0.25) is 5.91 Å². The first-order chi connectivity index (χ1) is 14.7. The van der Waals surface area contributed by atoms with Gasteiger partial charge < -0.3 is 10.3 Å². The highest BCUT2D eigenvalue weighted by atomic mass is 16.1. The Labute approximate surface area is 177 Å². The minimum absolute atomic E-state index is 0.0384. The van der Waals surface area contributed by atoms with Gasteiger partial charge >= 0.3 is 0 Å². The van der Waals surface area contributed by atoms with Gasteiger partial charge in [0, 0.05) is 56.2 Å². The van der Waals surface area contributed by atoms with E-state index in [9.17, 15) is 4.79 Å². The lowest BCUT2D eigenvalue weighted by atomic mass is 10.2. The van der Waals surface area contributed by atoms with Crippen molar-refractivity contribution in [3.8, 4) is 11.4 Å². The van der Waals surface area contributed by atoms with Crippen molar-refractivity contribution in [3.05, 3.63) is 72.1 Å². The fourth-order valence-electron chi connectivity index (χ4n) is 3.92. The standard InChI is InChI=1S/C24H29N5O/c1-19(30)26-22-10-8-20(9-11-22)17-28-12-5-13-29(15-14-28)18-23-16-25-24(27-23)21-6-3-2-4-7-21/h2-4,6-11,16H,5,12-15,17-18H2,1H3,(H,25,27)(H,26,30). The number of rotatable bonds is 6. The first-order valence-electron chi connectivity index (χ1n) is 10.6. The monoisotopic (exact) mass is 403 g/mol. The molecule has 1 aromatic heterocycles. The van der Waals surface area contributed by atoms with E-state index in [1.165, 1.54) is 12.5 Å². The van der Waals surface area contributed by atoms with Crippen LogP contribution in [-0.2, 0) is 17.9 Å². The highest BCUT2D eigenvalue weighted by molar-refractivity contribution is 5.88. The lowest BCUT2D eigenvalue weighted by Gasteiger charge is -2.21. The molecular weight excluding hydrogens is 374 g/mol. The largest absolute Gasteiger partial charge is 0.341 e. The fourth-order valence-corrected chi connectivity index (χ4v) is 3.92. The molecule has 2 heterocycles. The number of imidazole rings is 1. The van der Waals surface area contributed by atoms with Crippen molar-refractivity contribution in [2.75, 3.05) is 31.5 Å². The van der Waals surface area contributed by atoms with Crippen molar-refractivity contribution in [3.63, 3.8) is 0 Å². The second kappa shape index (κ2) is 9.69. The summed E-state index contributed by atoms with van der Waals surface area (Å²) in [4.78, 5) is 24.2. The smallest absolute Gasteiger partial charge is 0.221 e. The van der Waals surface area contributed by atoms with Crippen molar-refractivity contribution in [1.29, 1.82) is 0 Å². The van der Waals surface area contributed by atoms with Crippen LogP contribution in [0.15, 0.2) is 60.8 Å². The summed E-state index contributed by atoms with van der Waals surface area (Å²) in [6.45, 7) is 7.66. The van der Waals surface area contributed by atoms with Gasteiger partial charge in [0.25, 0.3) is 0 Å². The molecule has 4 rings (SSSR count). The number of H-pyrrole nitrogens is 1. The molecule has 0 atom stereocenters. The quantitative estimate of drug-likeness (QED) is 0.658. The summed E-state index contributed by atoms with van der Waals surface area (Å²) < 4.78 is 0. The summed E-state index contributed by atoms with van der Waals surface area (Å²) in [5.74, 6) is 0.897. The lowest BCUT2D eigenvalue weighted by molar-refractivity contribution is -0.114. The van der Waals surface area contributed by atoms with Gasteiger partial charge in [-0.3, -0.25) is 14.6 Å². The van der Waals surface area contributed by atoms with Crippen LogP contribution in [0.5, 0.6) is 0 Å². The molecule has 0 aliphatic carbocycles. The number of nitrogens with zero attached hydrogens (tertiary/aromatic N) is 3. The molecule has 3 aromatic rings. The normalized spacial score (nSPS) is 15.6. The Morgan fingerprint density at radius 2 is 1.67 bits per heavy atom. The van der Waals surface area contributed by atoms with Crippen molar-refractivity contribution < 1.29 is 4.79 Å². The van der Waals surface area contributed by atoms with Crippen LogP contribution in [0.1, 0.15) is 24.6 Å². The van der Waals surface area contributed by atoms with Gasteiger partial charge in [-0.15, -0.1) is 0 Å². The molecule has 1 aliphatic rings. The number of carbonyl (C=O) groups is 1. The van der Waals surface area contributed by atoms with Crippen LogP contribution in [0.3, 0.4) is 0 Å². The van der Waals surface area contributed by atoms with Crippen LogP contribution >= 0.6 is 0 Å². The van der Waals surface area contributed by atoms with Gasteiger partial charge in [0.05, 0.1) is 0 Å². The molecule has 1 fully saturated rings. The van der Waals surface area contributed by atoms with E-state index >= 15 is 0 Å². The summed E-state index contributed by atoms with van der Waals surface area (Å²) in [5.41, 5.74) is 4.41. The summed E-state index contributed by atoms with van der Waals surface area (Å²) in [5, 5.41) is 2.82. The molecule has 1 amide bonds. The van der Waals surface area contributed by atoms with Crippen molar-refractivity contribution >= 4 is 11.6 Å². The van der Waals surface area contributed by atoms with Gasteiger partial charge in [-0.25, -0.2) is 4.98 Å². The molecule has 156 valence electrons. The zero-order valence-corrected chi connectivity index (χ0v) is 17.5. The maximum Gasteiger partial charge on any atom is 0.221 e. The van der Waals surface area contributed by atoms with Crippen LogP contribution in [-0.4, -0.2) is 51.9 Å². The number of carbonyl (C=O) groups excluding carboxylic acids is 1. The lowest BCUT2D eigenvalue weighted by Crippen LogP contribution is -2.30. The fraction of sp³-hybridized carbons (Fsp3) is 0.333. The molecule has 1 saturated heterocycles. The molecule has 0 unspecified atom stereocenters. The number of hydrogen-bond donors (Lipinski definition) is 2. The maximum absolute atomic E-state index is 11.2. The van der Waals surface area contributed by atoms with Crippen molar-refractivity contribution in [2.24, 2.45) is 0 Å². The first-order valence-corrected chi connectivity index (χ1v) is 10.6. The topological polar surface area (TPSA) is 64.3 Å². The van der Waals surface area contributed by atoms with Gasteiger partial charge in [0.1, 0.15) is 5.82 Å². The zero-order chi connectivity index (χ0) is 20.8. The molecule has 0 bridgehead atoms. The van der Waals surface area contributed by atoms with E-state index in [-0.39, 0.29) is 5.91 Å². The van der Waals surface area contributed by atoms with E-state index in [4.69, 9.17) is 0 Å². The van der Waals surface area contributed by atoms with Gasteiger partial charge in [-0.05, 0) is 37.2 Å². The van der Waals surface area contributed by atoms with Crippen LogP contribution in [0, 0.1) is 0 Å². The van der Waals surface area contributed by atoms with E-state index in [1.807, 2.05) is 36.5 Å². The predicted octanol–water partition coefficient (Wildman–Crippen LogP) is 3.74. The minimum Gasteiger partial charge on any atom is -0.341 e. The highest BCUT2D eigenvalue weighted by Gasteiger charge is 2.16. The number of nitrogens with one attached hydrogen (secondary N) is 2. The molecule has 0 radical (unpaired) electrons. The summed E-state index contributed by atoms with van der Waals surface area (Å²) in [6, 6.07) is 18.4. The highest BCUT2D eigenvalue weighted by Crippen LogP contribution is 2.17. The van der Waals surface area contributed by atoms with Crippen LogP contribution in [0.4, 0.5) is 5.69 Å². The third kappa shape index (κ3) is 5.55.